The van der Waals surface area contributed by atoms with E-state index in [1.54, 1.807) is 22.8 Å². The minimum absolute atomic E-state index is 0.00441. The molecule has 0 fully saturated rings. The Hall–Kier alpha value is -2.24. The van der Waals surface area contributed by atoms with Gasteiger partial charge in [-0.05, 0) is 30.3 Å². The molecule has 0 N–H and O–H groups in total. The summed E-state index contributed by atoms with van der Waals surface area (Å²) in [6.07, 6.45) is 0. The number of benzene rings is 2. The maximum absolute atomic E-state index is 12.6. The van der Waals surface area contributed by atoms with Crippen molar-refractivity contribution in [1.29, 1.82) is 0 Å². The highest BCUT2D eigenvalue weighted by molar-refractivity contribution is 6.35. The summed E-state index contributed by atoms with van der Waals surface area (Å²) >= 11 is 12.0. The highest BCUT2D eigenvalue weighted by Crippen LogP contribution is 2.27. The fraction of sp³-hybridized carbons (Fsp3) is 0.222. The van der Waals surface area contributed by atoms with Crippen LogP contribution in [0.25, 0.3) is 10.9 Å². The summed E-state index contributed by atoms with van der Waals surface area (Å²) in [5, 5.41) is 1.70. The maximum atomic E-state index is 12.6. The number of fused-ring (bicyclic) bond motifs is 2. The lowest BCUT2D eigenvalue weighted by atomic mass is 10.2. The van der Waals surface area contributed by atoms with E-state index in [9.17, 15) is 4.79 Å². The molecule has 3 aromatic rings. The van der Waals surface area contributed by atoms with Crippen LogP contribution in [0.5, 0.6) is 5.75 Å². The molecular weight excluding hydrogens is 361 g/mol. The molecule has 1 aliphatic heterocycles. The number of halogens is 2. The number of anilines is 1. The molecule has 1 aromatic heterocycles. The van der Waals surface area contributed by atoms with E-state index >= 15 is 0 Å². The number of hydrogen-bond acceptors (Lipinski definition) is 4. The number of para-hydroxylation sites is 1. The largest absolute Gasteiger partial charge is 0.490 e. The lowest BCUT2D eigenvalue weighted by Gasteiger charge is -2.18. The highest BCUT2D eigenvalue weighted by atomic mass is 35.5. The summed E-state index contributed by atoms with van der Waals surface area (Å²) in [6, 6.07) is 12.5. The van der Waals surface area contributed by atoms with Gasteiger partial charge in [0.2, 0.25) is 5.95 Å². The van der Waals surface area contributed by atoms with Crippen LogP contribution in [0.3, 0.4) is 0 Å². The zero-order chi connectivity index (χ0) is 17.4. The molecule has 7 heteroatoms. The Bertz CT molecular complexity index is 1000. The van der Waals surface area contributed by atoms with E-state index in [1.165, 1.54) is 0 Å². The first-order chi connectivity index (χ1) is 12.1. The molecule has 4 rings (SSSR count). The molecule has 2 heterocycles. The van der Waals surface area contributed by atoms with Gasteiger partial charge in [-0.25, -0.2) is 4.98 Å². The Morgan fingerprint density at radius 1 is 1.12 bits per heavy atom. The number of hydrogen-bond donors (Lipinski definition) is 0. The molecule has 128 valence electrons. The molecule has 0 amide bonds. The summed E-state index contributed by atoms with van der Waals surface area (Å²) in [6.45, 7) is 2.41. The van der Waals surface area contributed by atoms with Gasteiger partial charge in [0.15, 0.2) is 0 Å². The summed E-state index contributed by atoms with van der Waals surface area (Å²) in [7, 11) is 0. The average molecular weight is 376 g/mol. The third-order valence-corrected chi connectivity index (χ3v) is 4.76. The van der Waals surface area contributed by atoms with Crippen molar-refractivity contribution in [1.82, 2.24) is 9.55 Å². The van der Waals surface area contributed by atoms with Gasteiger partial charge < -0.3 is 9.64 Å². The number of nitrogens with zero attached hydrogens (tertiary/aromatic N) is 3. The van der Waals surface area contributed by atoms with Crippen molar-refractivity contribution in [2.24, 2.45) is 0 Å². The van der Waals surface area contributed by atoms with E-state index in [0.717, 1.165) is 6.54 Å². The van der Waals surface area contributed by atoms with Crippen molar-refractivity contribution in [2.45, 2.75) is 6.54 Å². The minimum atomic E-state index is 0.00441. The van der Waals surface area contributed by atoms with Crippen molar-refractivity contribution in [3.63, 3.8) is 0 Å². The molecule has 0 atom stereocenters. The van der Waals surface area contributed by atoms with Gasteiger partial charge >= 0.3 is 0 Å². The topological polar surface area (TPSA) is 47.4 Å². The van der Waals surface area contributed by atoms with Gasteiger partial charge in [0.05, 0.1) is 22.5 Å². The summed E-state index contributed by atoms with van der Waals surface area (Å²) in [5.74, 6) is 1.28. The molecule has 2 aromatic carbocycles. The SMILES string of the molecule is O=c1c2ccccc2nc2n1CCN2CCOc1ccc(Cl)cc1Cl. The standard InChI is InChI=1S/C18H15Cl2N3O2/c19-12-5-6-16(14(20)11-12)25-10-9-22-7-8-23-17(24)13-3-1-2-4-15(13)21-18(22)23/h1-6,11H,7-10H2. The van der Waals surface area contributed by atoms with E-state index in [1.807, 2.05) is 24.3 Å². The number of rotatable bonds is 4. The van der Waals surface area contributed by atoms with Gasteiger partial charge in [-0.3, -0.25) is 9.36 Å². The second kappa shape index (κ2) is 6.58. The van der Waals surface area contributed by atoms with Crippen molar-refractivity contribution in [2.75, 3.05) is 24.6 Å². The van der Waals surface area contributed by atoms with Gasteiger partial charge in [0.25, 0.3) is 5.56 Å². The van der Waals surface area contributed by atoms with Crippen LogP contribution in [0.4, 0.5) is 5.95 Å². The first-order valence-corrected chi connectivity index (χ1v) is 8.71. The molecule has 25 heavy (non-hydrogen) atoms. The molecule has 0 radical (unpaired) electrons. The lowest BCUT2D eigenvalue weighted by molar-refractivity contribution is 0.324. The van der Waals surface area contributed by atoms with Gasteiger partial charge in [-0.2, -0.15) is 0 Å². The predicted molar refractivity (Wildman–Crippen MR) is 100 cm³/mol. The first kappa shape index (κ1) is 16.2. The third-order valence-electron chi connectivity index (χ3n) is 4.23. The molecule has 5 nitrogen and oxygen atoms in total. The fourth-order valence-corrected chi connectivity index (χ4v) is 3.45. The Morgan fingerprint density at radius 2 is 1.96 bits per heavy atom. The van der Waals surface area contributed by atoms with Crippen molar-refractivity contribution in [3.8, 4) is 5.75 Å². The van der Waals surface area contributed by atoms with E-state index in [0.29, 0.717) is 52.3 Å². The Labute approximate surface area is 154 Å². The quantitative estimate of drug-likeness (QED) is 0.698. The van der Waals surface area contributed by atoms with E-state index < -0.39 is 0 Å². The van der Waals surface area contributed by atoms with Crippen molar-refractivity contribution >= 4 is 40.1 Å². The van der Waals surface area contributed by atoms with Crippen molar-refractivity contribution < 1.29 is 4.74 Å². The molecule has 0 bridgehead atoms. The van der Waals surface area contributed by atoms with Gasteiger partial charge in [0, 0.05) is 18.1 Å². The van der Waals surface area contributed by atoms with Crippen molar-refractivity contribution in [3.05, 3.63) is 62.9 Å². The van der Waals surface area contributed by atoms with E-state index in [4.69, 9.17) is 27.9 Å². The zero-order valence-electron chi connectivity index (χ0n) is 13.3. The monoisotopic (exact) mass is 375 g/mol. The average Bonchev–Trinajstić information content (AvgIpc) is 3.00. The number of aromatic nitrogens is 2. The third kappa shape index (κ3) is 3.05. The Balaban J connectivity index is 1.52. The fourth-order valence-electron chi connectivity index (χ4n) is 2.99. The van der Waals surface area contributed by atoms with Crippen LogP contribution in [0.15, 0.2) is 47.3 Å². The number of ether oxygens (including phenoxy) is 1. The molecule has 1 aliphatic rings. The second-order valence-electron chi connectivity index (χ2n) is 5.80. The zero-order valence-corrected chi connectivity index (χ0v) is 14.8. The lowest BCUT2D eigenvalue weighted by Crippen LogP contribution is -2.27. The molecule has 0 unspecified atom stereocenters. The highest BCUT2D eigenvalue weighted by Gasteiger charge is 2.23. The molecule has 0 saturated carbocycles. The van der Waals surface area contributed by atoms with Crippen LogP contribution in [0.2, 0.25) is 10.0 Å². The van der Waals surface area contributed by atoms with E-state index in [2.05, 4.69) is 9.88 Å². The van der Waals surface area contributed by atoms with Crippen LogP contribution in [0.1, 0.15) is 0 Å². The molecular formula is C18H15Cl2N3O2. The molecule has 0 spiro atoms. The summed E-state index contributed by atoms with van der Waals surface area (Å²) < 4.78 is 7.46. The van der Waals surface area contributed by atoms with Crippen LogP contribution in [0, 0.1) is 0 Å². The van der Waals surface area contributed by atoms with Gasteiger partial charge in [-0.15, -0.1) is 0 Å². The van der Waals surface area contributed by atoms with Crippen LogP contribution >= 0.6 is 23.2 Å². The van der Waals surface area contributed by atoms with Gasteiger partial charge in [0.1, 0.15) is 12.4 Å². The summed E-state index contributed by atoms with van der Waals surface area (Å²) in [4.78, 5) is 19.3. The van der Waals surface area contributed by atoms with Crippen LogP contribution in [-0.2, 0) is 6.54 Å². The maximum Gasteiger partial charge on any atom is 0.262 e. The first-order valence-electron chi connectivity index (χ1n) is 7.96. The normalized spacial score (nSPS) is 13.3. The molecule has 0 saturated heterocycles. The minimum Gasteiger partial charge on any atom is -0.490 e. The molecule has 0 aliphatic carbocycles. The predicted octanol–water partition coefficient (Wildman–Crippen LogP) is 3.60. The van der Waals surface area contributed by atoms with Crippen LogP contribution in [-0.4, -0.2) is 29.2 Å². The van der Waals surface area contributed by atoms with E-state index in [-0.39, 0.29) is 5.56 Å². The summed E-state index contributed by atoms with van der Waals surface area (Å²) in [5.41, 5.74) is 0.720. The van der Waals surface area contributed by atoms with Gasteiger partial charge in [-0.1, -0.05) is 35.3 Å². The Kier molecular flexibility index (Phi) is 4.27. The second-order valence-corrected chi connectivity index (χ2v) is 6.64. The smallest absolute Gasteiger partial charge is 0.262 e. The Morgan fingerprint density at radius 3 is 2.80 bits per heavy atom. The van der Waals surface area contributed by atoms with Crippen LogP contribution < -0.4 is 15.2 Å².